The quantitative estimate of drug-likeness (QED) is 0.602. The topological polar surface area (TPSA) is 55.4 Å². The van der Waals surface area contributed by atoms with E-state index < -0.39 is 9.84 Å². The summed E-state index contributed by atoms with van der Waals surface area (Å²) in [5.74, 6) is 0.941. The molecule has 0 bridgehead atoms. The van der Waals surface area contributed by atoms with Gasteiger partial charge in [-0.2, -0.15) is 0 Å². The molecule has 0 aromatic carbocycles. The summed E-state index contributed by atoms with van der Waals surface area (Å²) in [5, 5.41) is 3.52. The number of nitrogens with one attached hydrogen (secondary N) is 1. The van der Waals surface area contributed by atoms with Crippen LogP contribution >= 0.6 is 0 Å². The number of sulfone groups is 1. The van der Waals surface area contributed by atoms with E-state index in [1.165, 1.54) is 0 Å². The smallest absolute Gasteiger partial charge is 0.150 e. The van der Waals surface area contributed by atoms with Gasteiger partial charge in [-0.05, 0) is 38.6 Å². The fourth-order valence-corrected chi connectivity index (χ4v) is 3.24. The normalized spacial score (nSPS) is 15.5. The van der Waals surface area contributed by atoms with E-state index in [9.17, 15) is 8.42 Å². The molecule has 0 rings (SSSR count). The highest BCUT2D eigenvalue weighted by Gasteiger charge is 2.24. The molecule has 0 aliphatic heterocycles. The summed E-state index contributed by atoms with van der Waals surface area (Å²) < 4.78 is 29.0. The zero-order valence-corrected chi connectivity index (χ0v) is 14.6. The molecule has 0 aromatic rings. The summed E-state index contributed by atoms with van der Waals surface area (Å²) in [5.41, 5.74) is 0. The highest BCUT2D eigenvalue weighted by atomic mass is 32.2. The molecule has 122 valence electrons. The lowest BCUT2D eigenvalue weighted by Crippen LogP contribution is -2.44. The van der Waals surface area contributed by atoms with E-state index in [1.54, 1.807) is 6.92 Å². The molecule has 0 saturated carbocycles. The van der Waals surface area contributed by atoms with Gasteiger partial charge in [0.1, 0.15) is 9.84 Å². The van der Waals surface area contributed by atoms with Gasteiger partial charge in [0.15, 0.2) is 0 Å². The van der Waals surface area contributed by atoms with Crippen molar-refractivity contribution in [1.29, 1.82) is 0 Å². The minimum absolute atomic E-state index is 0.149. The van der Waals surface area contributed by atoms with Crippen LogP contribution in [0.4, 0.5) is 0 Å². The van der Waals surface area contributed by atoms with Gasteiger partial charge in [-0.25, -0.2) is 8.42 Å². The van der Waals surface area contributed by atoms with Gasteiger partial charge in [0, 0.05) is 18.4 Å². The van der Waals surface area contributed by atoms with Crippen LogP contribution in [0.15, 0.2) is 0 Å². The molecule has 2 unspecified atom stereocenters. The van der Waals surface area contributed by atoms with Gasteiger partial charge in [0.05, 0.1) is 11.9 Å². The molecule has 20 heavy (non-hydrogen) atoms. The first kappa shape index (κ1) is 19.9. The van der Waals surface area contributed by atoms with Gasteiger partial charge in [-0.1, -0.05) is 27.7 Å². The Morgan fingerprint density at radius 3 is 2.25 bits per heavy atom. The number of hydrogen-bond acceptors (Lipinski definition) is 4. The third-order valence-electron chi connectivity index (χ3n) is 3.48. The summed E-state index contributed by atoms with van der Waals surface area (Å²) >= 11 is 0. The molecule has 0 aromatic heterocycles. The Morgan fingerprint density at radius 2 is 1.80 bits per heavy atom. The van der Waals surface area contributed by atoms with Crippen LogP contribution in [0, 0.1) is 5.92 Å². The lowest BCUT2D eigenvalue weighted by Gasteiger charge is -2.31. The van der Waals surface area contributed by atoms with Gasteiger partial charge in [-0.15, -0.1) is 0 Å². The van der Waals surface area contributed by atoms with E-state index >= 15 is 0 Å². The second-order valence-corrected chi connectivity index (χ2v) is 8.08. The largest absolute Gasteiger partial charge is 0.377 e. The standard InChI is InChI=1S/C15H33NO3S/c1-6-11-16-14(15(13(4)5)19-7-2)10-9-12-20(17,18)8-3/h13-16H,6-12H2,1-5H3. The monoisotopic (exact) mass is 307 g/mol. The predicted octanol–water partition coefficient (Wildman–Crippen LogP) is 2.63. The van der Waals surface area contributed by atoms with Crippen LogP contribution in [-0.2, 0) is 14.6 Å². The van der Waals surface area contributed by atoms with Crippen molar-refractivity contribution in [3.05, 3.63) is 0 Å². The van der Waals surface area contributed by atoms with Crippen LogP contribution in [0.3, 0.4) is 0 Å². The molecule has 0 saturated heterocycles. The molecule has 0 radical (unpaired) electrons. The van der Waals surface area contributed by atoms with E-state index in [1.807, 2.05) is 6.92 Å². The average molecular weight is 308 g/mol. The van der Waals surface area contributed by atoms with E-state index in [-0.39, 0.29) is 23.7 Å². The molecule has 0 aliphatic rings. The Morgan fingerprint density at radius 1 is 1.15 bits per heavy atom. The van der Waals surface area contributed by atoms with Gasteiger partial charge < -0.3 is 10.1 Å². The zero-order chi connectivity index (χ0) is 15.6. The van der Waals surface area contributed by atoms with Crippen LogP contribution in [0.25, 0.3) is 0 Å². The van der Waals surface area contributed by atoms with Crippen molar-refractivity contribution in [2.75, 3.05) is 24.7 Å². The van der Waals surface area contributed by atoms with Crippen LogP contribution in [-0.4, -0.2) is 45.2 Å². The van der Waals surface area contributed by atoms with Gasteiger partial charge in [-0.3, -0.25) is 0 Å². The molecule has 2 atom stereocenters. The minimum atomic E-state index is -2.86. The first-order chi connectivity index (χ1) is 9.37. The summed E-state index contributed by atoms with van der Waals surface area (Å²) in [6.07, 6.45) is 2.77. The zero-order valence-electron chi connectivity index (χ0n) is 13.8. The Labute approximate surface area is 125 Å². The van der Waals surface area contributed by atoms with E-state index in [2.05, 4.69) is 26.1 Å². The number of rotatable bonds is 12. The maximum Gasteiger partial charge on any atom is 0.150 e. The second kappa shape index (κ2) is 10.6. The molecule has 0 amide bonds. The lowest BCUT2D eigenvalue weighted by atomic mass is 9.96. The summed E-state index contributed by atoms with van der Waals surface area (Å²) in [7, 11) is -2.86. The van der Waals surface area contributed by atoms with Crippen molar-refractivity contribution in [2.45, 2.75) is 66.0 Å². The summed E-state index contributed by atoms with van der Waals surface area (Å²) in [6.45, 7) is 11.8. The highest BCUT2D eigenvalue weighted by molar-refractivity contribution is 7.91. The molecule has 0 heterocycles. The molecule has 4 nitrogen and oxygen atoms in total. The first-order valence-corrected chi connectivity index (χ1v) is 9.75. The molecular formula is C15H33NO3S. The molecule has 5 heteroatoms. The van der Waals surface area contributed by atoms with Crippen molar-refractivity contribution in [3.63, 3.8) is 0 Å². The van der Waals surface area contributed by atoms with Crippen molar-refractivity contribution in [1.82, 2.24) is 5.32 Å². The van der Waals surface area contributed by atoms with Crippen molar-refractivity contribution < 1.29 is 13.2 Å². The molecular weight excluding hydrogens is 274 g/mol. The SMILES string of the molecule is CCCNC(CCCS(=O)(=O)CC)C(OCC)C(C)C. The summed E-state index contributed by atoms with van der Waals surface area (Å²) in [6, 6.07) is 0.238. The van der Waals surface area contributed by atoms with Gasteiger partial charge >= 0.3 is 0 Å². The average Bonchev–Trinajstić information content (AvgIpc) is 2.40. The van der Waals surface area contributed by atoms with E-state index in [0.717, 1.165) is 19.4 Å². The third kappa shape index (κ3) is 8.22. The fraction of sp³-hybridized carbons (Fsp3) is 1.00. The maximum absolute atomic E-state index is 11.6. The fourth-order valence-electron chi connectivity index (χ4n) is 2.35. The highest BCUT2D eigenvalue weighted by Crippen LogP contribution is 2.16. The maximum atomic E-state index is 11.6. The summed E-state index contributed by atoms with van der Waals surface area (Å²) in [4.78, 5) is 0. The van der Waals surface area contributed by atoms with Gasteiger partial charge in [0.2, 0.25) is 0 Å². The van der Waals surface area contributed by atoms with Crippen molar-refractivity contribution >= 4 is 9.84 Å². The first-order valence-electron chi connectivity index (χ1n) is 7.93. The molecule has 0 fully saturated rings. The minimum Gasteiger partial charge on any atom is -0.377 e. The third-order valence-corrected chi connectivity index (χ3v) is 5.27. The van der Waals surface area contributed by atoms with Crippen LogP contribution in [0.5, 0.6) is 0 Å². The number of hydrogen-bond donors (Lipinski definition) is 1. The van der Waals surface area contributed by atoms with Crippen LogP contribution in [0.1, 0.15) is 53.9 Å². The molecule has 1 N–H and O–H groups in total. The molecule has 0 aliphatic carbocycles. The Balaban J connectivity index is 4.53. The second-order valence-electron chi connectivity index (χ2n) is 5.60. The van der Waals surface area contributed by atoms with Crippen LogP contribution < -0.4 is 5.32 Å². The van der Waals surface area contributed by atoms with Crippen LogP contribution in [0.2, 0.25) is 0 Å². The van der Waals surface area contributed by atoms with E-state index in [4.69, 9.17) is 4.74 Å². The Hall–Kier alpha value is -0.130. The Kier molecular flexibility index (Phi) is 10.5. The van der Waals surface area contributed by atoms with Gasteiger partial charge in [0.25, 0.3) is 0 Å². The lowest BCUT2D eigenvalue weighted by molar-refractivity contribution is 0.00140. The Bertz CT molecular complexity index is 328. The van der Waals surface area contributed by atoms with Crippen molar-refractivity contribution in [2.24, 2.45) is 5.92 Å². The van der Waals surface area contributed by atoms with Crippen molar-refractivity contribution in [3.8, 4) is 0 Å². The molecule has 0 spiro atoms. The number of ether oxygens (including phenoxy) is 1. The van der Waals surface area contributed by atoms with E-state index in [0.29, 0.717) is 18.9 Å². The predicted molar refractivity (Wildman–Crippen MR) is 85.9 cm³/mol.